The van der Waals surface area contributed by atoms with Gasteiger partial charge in [0, 0.05) is 10.6 Å². The number of halogens is 2. The molecule has 0 bridgehead atoms. The lowest BCUT2D eigenvalue weighted by Crippen LogP contribution is -2.37. The predicted octanol–water partition coefficient (Wildman–Crippen LogP) is 3.64. The molecule has 10 heteroatoms. The van der Waals surface area contributed by atoms with E-state index in [1.807, 2.05) is 0 Å². The van der Waals surface area contributed by atoms with Gasteiger partial charge in [-0.2, -0.15) is 5.10 Å². The third kappa shape index (κ3) is 3.88. The lowest BCUT2D eigenvalue weighted by atomic mass is 9.98. The fraction of sp³-hybridized carbons (Fsp3) is 0.500. The van der Waals surface area contributed by atoms with Crippen molar-refractivity contribution < 1.29 is 13.6 Å². The first-order chi connectivity index (χ1) is 14.3. The molecule has 3 aromatic heterocycles. The molecular weight excluding hydrogens is 412 g/mol. The Kier molecular flexibility index (Phi) is 5.68. The Hall–Kier alpha value is -2.62. The largest absolute Gasteiger partial charge is 0.282 e. The SMILES string of the molecule is Cc1cc(C(F)F)nn1CC(=O)Nn1c(C)nc2sc3c(c2c1=O)CCCCCC3. The van der Waals surface area contributed by atoms with Gasteiger partial charge in [0.2, 0.25) is 0 Å². The summed E-state index contributed by atoms with van der Waals surface area (Å²) in [6.07, 6.45) is 3.56. The van der Waals surface area contributed by atoms with Gasteiger partial charge in [0.05, 0.1) is 5.39 Å². The maximum absolute atomic E-state index is 13.2. The van der Waals surface area contributed by atoms with Crippen LogP contribution in [0.4, 0.5) is 8.78 Å². The van der Waals surface area contributed by atoms with Gasteiger partial charge in [-0.25, -0.2) is 18.4 Å². The number of nitrogens with one attached hydrogen (secondary N) is 1. The van der Waals surface area contributed by atoms with E-state index in [0.717, 1.165) is 42.3 Å². The number of thiophene rings is 1. The number of aryl methyl sites for hydroxylation is 4. The molecule has 7 nitrogen and oxygen atoms in total. The van der Waals surface area contributed by atoms with E-state index >= 15 is 0 Å². The van der Waals surface area contributed by atoms with E-state index in [-0.39, 0.29) is 17.8 Å². The van der Waals surface area contributed by atoms with Crippen molar-refractivity contribution in [1.29, 1.82) is 0 Å². The van der Waals surface area contributed by atoms with E-state index in [1.165, 1.54) is 22.0 Å². The molecule has 30 heavy (non-hydrogen) atoms. The average molecular weight is 436 g/mol. The molecule has 1 amide bonds. The van der Waals surface area contributed by atoms with Crippen LogP contribution < -0.4 is 11.0 Å². The van der Waals surface area contributed by atoms with Gasteiger partial charge in [-0.3, -0.25) is 19.7 Å². The molecular formula is C20H23F2N5O2S. The number of hydrogen-bond acceptors (Lipinski definition) is 5. The summed E-state index contributed by atoms with van der Waals surface area (Å²) in [5.41, 5.74) is 3.39. The Morgan fingerprint density at radius 1 is 1.23 bits per heavy atom. The number of aromatic nitrogens is 4. The second-order valence-corrected chi connectivity index (χ2v) is 8.69. The molecule has 3 aromatic rings. The summed E-state index contributed by atoms with van der Waals surface area (Å²) < 4.78 is 28.0. The maximum Gasteiger partial charge on any atom is 0.282 e. The third-order valence-electron chi connectivity index (χ3n) is 5.41. The average Bonchev–Trinajstić information content (AvgIpc) is 3.19. The van der Waals surface area contributed by atoms with Crippen LogP contribution in [0.25, 0.3) is 10.2 Å². The number of carbonyl (C=O) groups excluding carboxylic acids is 1. The summed E-state index contributed by atoms with van der Waals surface area (Å²) in [4.78, 5) is 32.2. The van der Waals surface area contributed by atoms with Gasteiger partial charge in [0.25, 0.3) is 17.9 Å². The van der Waals surface area contributed by atoms with E-state index in [1.54, 1.807) is 25.2 Å². The van der Waals surface area contributed by atoms with Crippen LogP contribution in [0.5, 0.6) is 0 Å². The Balaban J connectivity index is 1.64. The van der Waals surface area contributed by atoms with Crippen LogP contribution in [-0.2, 0) is 24.2 Å². The van der Waals surface area contributed by atoms with Crippen LogP contribution in [0.15, 0.2) is 10.9 Å². The van der Waals surface area contributed by atoms with E-state index < -0.39 is 12.3 Å². The zero-order valence-corrected chi connectivity index (χ0v) is 17.7. The van der Waals surface area contributed by atoms with Crippen molar-refractivity contribution in [3.8, 4) is 0 Å². The Morgan fingerprint density at radius 2 is 1.97 bits per heavy atom. The molecule has 0 radical (unpaired) electrons. The van der Waals surface area contributed by atoms with Crippen LogP contribution >= 0.6 is 11.3 Å². The normalized spacial score (nSPS) is 14.6. The number of fused-ring (bicyclic) bond motifs is 3. The van der Waals surface area contributed by atoms with Crippen molar-refractivity contribution in [1.82, 2.24) is 19.4 Å². The summed E-state index contributed by atoms with van der Waals surface area (Å²) in [5, 5.41) is 4.34. The first-order valence-corrected chi connectivity index (χ1v) is 10.8. The van der Waals surface area contributed by atoms with Gasteiger partial charge in [0.1, 0.15) is 22.9 Å². The van der Waals surface area contributed by atoms with E-state index in [4.69, 9.17) is 0 Å². The molecule has 0 aliphatic heterocycles. The van der Waals surface area contributed by atoms with Gasteiger partial charge in [0.15, 0.2) is 0 Å². The molecule has 0 fully saturated rings. The second-order valence-electron chi connectivity index (χ2n) is 7.60. The van der Waals surface area contributed by atoms with Crippen LogP contribution in [0.2, 0.25) is 0 Å². The Labute approximate surface area is 175 Å². The van der Waals surface area contributed by atoms with Gasteiger partial charge >= 0.3 is 0 Å². The highest BCUT2D eigenvalue weighted by Crippen LogP contribution is 2.32. The molecule has 0 saturated heterocycles. The van der Waals surface area contributed by atoms with Gasteiger partial charge < -0.3 is 0 Å². The number of hydrogen-bond donors (Lipinski definition) is 1. The maximum atomic E-state index is 13.2. The second kappa shape index (κ2) is 8.25. The summed E-state index contributed by atoms with van der Waals surface area (Å²) in [5.74, 6) is -0.160. The lowest BCUT2D eigenvalue weighted by molar-refractivity contribution is -0.117. The topological polar surface area (TPSA) is 81.8 Å². The van der Waals surface area contributed by atoms with Gasteiger partial charge in [-0.15, -0.1) is 11.3 Å². The van der Waals surface area contributed by atoms with E-state index in [9.17, 15) is 18.4 Å². The number of nitrogens with zero attached hydrogens (tertiary/aromatic N) is 4. The zero-order chi connectivity index (χ0) is 21.4. The molecule has 3 heterocycles. The molecule has 160 valence electrons. The first kappa shape index (κ1) is 20.6. The van der Waals surface area contributed by atoms with Crippen molar-refractivity contribution in [2.24, 2.45) is 0 Å². The molecule has 0 aromatic carbocycles. The molecule has 1 N–H and O–H groups in total. The lowest BCUT2D eigenvalue weighted by Gasteiger charge is -2.13. The number of rotatable bonds is 4. The first-order valence-electron chi connectivity index (χ1n) is 10.0. The van der Waals surface area contributed by atoms with E-state index in [2.05, 4.69) is 15.5 Å². The minimum Gasteiger partial charge on any atom is -0.271 e. The van der Waals surface area contributed by atoms with Crippen LogP contribution in [-0.4, -0.2) is 25.3 Å². The van der Waals surface area contributed by atoms with Crippen molar-refractivity contribution in [3.63, 3.8) is 0 Å². The van der Waals surface area contributed by atoms with Crippen LogP contribution in [0, 0.1) is 13.8 Å². The van der Waals surface area contributed by atoms with Crippen LogP contribution in [0.1, 0.15) is 59.8 Å². The molecule has 1 aliphatic rings. The molecule has 1 aliphatic carbocycles. The number of alkyl halides is 2. The van der Waals surface area contributed by atoms with Crippen molar-refractivity contribution in [3.05, 3.63) is 44.1 Å². The highest BCUT2D eigenvalue weighted by atomic mass is 32.1. The summed E-state index contributed by atoms with van der Waals surface area (Å²) in [7, 11) is 0. The number of carbonyl (C=O) groups is 1. The molecule has 0 atom stereocenters. The summed E-state index contributed by atoms with van der Waals surface area (Å²) in [6.45, 7) is 2.98. The van der Waals surface area contributed by atoms with Gasteiger partial charge in [-0.05, 0) is 51.2 Å². The summed E-state index contributed by atoms with van der Waals surface area (Å²) in [6, 6.07) is 1.24. The standard InChI is InChI=1S/C20H23F2N5O2S/c1-11-9-14(18(21)22)24-26(11)10-16(28)25-27-12(2)23-19-17(20(27)29)13-7-5-3-4-6-8-15(13)30-19/h9,18H,3-8,10H2,1-2H3,(H,25,28). The highest BCUT2D eigenvalue weighted by Gasteiger charge is 2.21. The van der Waals surface area contributed by atoms with Crippen molar-refractivity contribution >= 4 is 27.5 Å². The van der Waals surface area contributed by atoms with Gasteiger partial charge in [-0.1, -0.05) is 12.8 Å². The number of amides is 1. The Morgan fingerprint density at radius 3 is 2.67 bits per heavy atom. The van der Waals surface area contributed by atoms with Crippen LogP contribution in [0.3, 0.4) is 0 Å². The Bertz CT molecular complexity index is 1160. The molecule has 0 saturated carbocycles. The predicted molar refractivity (Wildman–Crippen MR) is 111 cm³/mol. The molecule has 0 spiro atoms. The fourth-order valence-corrected chi connectivity index (χ4v) is 5.19. The molecule has 0 unspecified atom stereocenters. The van der Waals surface area contributed by atoms with E-state index in [0.29, 0.717) is 21.7 Å². The quantitative estimate of drug-likeness (QED) is 0.678. The summed E-state index contributed by atoms with van der Waals surface area (Å²) >= 11 is 1.57. The smallest absolute Gasteiger partial charge is 0.271 e. The highest BCUT2D eigenvalue weighted by molar-refractivity contribution is 7.18. The fourth-order valence-electron chi connectivity index (χ4n) is 3.89. The monoisotopic (exact) mass is 435 g/mol. The minimum absolute atomic E-state index is 0.274. The van der Waals surface area contributed by atoms with Crippen molar-refractivity contribution in [2.45, 2.75) is 65.3 Å². The third-order valence-corrected chi connectivity index (χ3v) is 6.60. The molecule has 4 rings (SSSR count). The van der Waals surface area contributed by atoms with Crippen molar-refractivity contribution in [2.75, 3.05) is 5.43 Å². The zero-order valence-electron chi connectivity index (χ0n) is 16.9. The minimum atomic E-state index is -2.71.